The SMILES string of the molecule is C#C.C#C.CCCN(C)CC(=O)Nc1ccc(/C=C/c2ccc(NC(=O)CN(CCC)C(=O)[C@H](O)c3ccccc3)cc2)cc1.C[C@@H](C=O)c1ccccc1. The fourth-order valence-corrected chi connectivity index (χ4v) is 5.15. The van der Waals surface area contributed by atoms with Gasteiger partial charge in [-0.25, -0.2) is 0 Å². The van der Waals surface area contributed by atoms with E-state index in [2.05, 4.69) is 43.3 Å². The molecule has 0 aliphatic heterocycles. The van der Waals surface area contributed by atoms with E-state index < -0.39 is 12.0 Å². The zero-order valence-electron chi connectivity index (χ0n) is 32.3. The van der Waals surface area contributed by atoms with Crippen LogP contribution in [0.3, 0.4) is 0 Å². The molecule has 0 saturated carbocycles. The molecule has 3 amide bonds. The van der Waals surface area contributed by atoms with Crippen LogP contribution in [-0.4, -0.2) is 72.1 Å². The number of aliphatic hydroxyl groups excluding tert-OH is 1. The molecule has 9 nitrogen and oxygen atoms in total. The van der Waals surface area contributed by atoms with E-state index in [0.29, 0.717) is 30.8 Å². The van der Waals surface area contributed by atoms with Crippen LogP contribution in [0.4, 0.5) is 11.4 Å². The summed E-state index contributed by atoms with van der Waals surface area (Å²) in [5, 5.41) is 16.2. The lowest BCUT2D eigenvalue weighted by molar-refractivity contribution is -0.142. The predicted octanol–water partition coefficient (Wildman–Crippen LogP) is 7.54. The first kappa shape index (κ1) is 46.8. The maximum absolute atomic E-state index is 12.8. The maximum Gasteiger partial charge on any atom is 0.256 e. The molecular weight excluding hydrogens is 689 g/mol. The second kappa shape index (κ2) is 27.4. The molecule has 0 aromatic heterocycles. The van der Waals surface area contributed by atoms with Gasteiger partial charge in [0.2, 0.25) is 11.8 Å². The first-order valence-electron chi connectivity index (χ1n) is 18.0. The lowest BCUT2D eigenvalue weighted by Crippen LogP contribution is -2.41. The molecule has 0 bridgehead atoms. The van der Waals surface area contributed by atoms with Gasteiger partial charge in [-0.2, -0.15) is 0 Å². The van der Waals surface area contributed by atoms with Crippen molar-refractivity contribution in [3.05, 3.63) is 131 Å². The zero-order chi connectivity index (χ0) is 41.0. The summed E-state index contributed by atoms with van der Waals surface area (Å²) in [5.41, 5.74) is 4.89. The Labute approximate surface area is 327 Å². The number of likely N-dealkylation sites (N-methyl/N-ethyl adjacent to an activating group) is 1. The van der Waals surface area contributed by atoms with Crippen molar-refractivity contribution in [1.82, 2.24) is 9.80 Å². The highest BCUT2D eigenvalue weighted by Crippen LogP contribution is 2.18. The van der Waals surface area contributed by atoms with E-state index in [1.165, 1.54) is 4.90 Å². The van der Waals surface area contributed by atoms with Crippen LogP contribution in [0, 0.1) is 25.7 Å². The van der Waals surface area contributed by atoms with E-state index >= 15 is 0 Å². The molecule has 0 heterocycles. The first-order valence-corrected chi connectivity index (χ1v) is 18.0. The molecule has 0 saturated heterocycles. The summed E-state index contributed by atoms with van der Waals surface area (Å²) in [6.07, 6.45) is 21.2. The fourth-order valence-electron chi connectivity index (χ4n) is 5.15. The molecule has 4 aromatic carbocycles. The number of nitrogens with one attached hydrogen (secondary N) is 2. The molecule has 0 fully saturated rings. The lowest BCUT2D eigenvalue weighted by Gasteiger charge is -2.24. The van der Waals surface area contributed by atoms with E-state index in [4.69, 9.17) is 0 Å². The molecule has 0 spiro atoms. The van der Waals surface area contributed by atoms with Crippen LogP contribution in [0.5, 0.6) is 0 Å². The third kappa shape index (κ3) is 17.9. The molecule has 4 aromatic rings. The molecule has 0 aliphatic rings. The molecule has 3 N–H and O–H groups in total. The number of carbonyl (C=O) groups is 4. The van der Waals surface area contributed by atoms with Crippen molar-refractivity contribution in [2.45, 2.75) is 45.6 Å². The summed E-state index contributed by atoms with van der Waals surface area (Å²) in [4.78, 5) is 51.4. The van der Waals surface area contributed by atoms with Gasteiger partial charge in [0.05, 0.1) is 13.1 Å². The second-order valence-electron chi connectivity index (χ2n) is 12.3. The summed E-state index contributed by atoms with van der Waals surface area (Å²) < 4.78 is 0. The molecule has 2 atom stereocenters. The van der Waals surface area contributed by atoms with Gasteiger partial charge in [0.15, 0.2) is 6.10 Å². The average molecular weight is 743 g/mol. The third-order valence-corrected chi connectivity index (χ3v) is 7.89. The Bertz CT molecular complexity index is 1760. The second-order valence-corrected chi connectivity index (χ2v) is 12.3. The Morgan fingerprint density at radius 2 is 1.07 bits per heavy atom. The van der Waals surface area contributed by atoms with Gasteiger partial charge >= 0.3 is 0 Å². The van der Waals surface area contributed by atoms with Crippen molar-refractivity contribution >= 4 is 47.5 Å². The number of hydrogen-bond donors (Lipinski definition) is 3. The molecule has 9 heteroatoms. The smallest absolute Gasteiger partial charge is 0.256 e. The summed E-state index contributed by atoms with van der Waals surface area (Å²) in [7, 11) is 1.93. The summed E-state index contributed by atoms with van der Waals surface area (Å²) in [5.74, 6) is -0.838. The molecule has 288 valence electrons. The number of aldehydes is 1. The Hall–Kier alpha value is -6.26. The Kier molecular flexibility index (Phi) is 23.3. The van der Waals surface area contributed by atoms with Gasteiger partial charge in [-0.1, -0.05) is 118 Å². The summed E-state index contributed by atoms with van der Waals surface area (Å²) in [6, 6.07) is 33.5. The van der Waals surface area contributed by atoms with Crippen LogP contribution in [0.25, 0.3) is 12.2 Å². The highest BCUT2D eigenvalue weighted by atomic mass is 16.3. The number of anilines is 2. The number of amides is 3. The third-order valence-electron chi connectivity index (χ3n) is 7.89. The minimum Gasteiger partial charge on any atom is -0.378 e. The number of nitrogens with zero attached hydrogens (tertiary/aromatic N) is 2. The minimum absolute atomic E-state index is 0.0289. The monoisotopic (exact) mass is 742 g/mol. The summed E-state index contributed by atoms with van der Waals surface area (Å²) in [6.45, 7) is 7.35. The maximum atomic E-state index is 12.8. The van der Waals surface area contributed by atoms with Gasteiger partial charge in [0, 0.05) is 23.8 Å². The molecule has 55 heavy (non-hydrogen) atoms. The number of terminal acetylenes is 2. The van der Waals surface area contributed by atoms with Crippen molar-refractivity contribution in [3.63, 3.8) is 0 Å². The predicted molar refractivity (Wildman–Crippen MR) is 226 cm³/mol. The molecular formula is C46H54N4O5. The fraction of sp³-hybridized carbons (Fsp3) is 0.261. The zero-order valence-corrected chi connectivity index (χ0v) is 32.3. The van der Waals surface area contributed by atoms with Crippen LogP contribution >= 0.6 is 0 Å². The van der Waals surface area contributed by atoms with Crippen molar-refractivity contribution in [2.24, 2.45) is 0 Å². The number of aliphatic hydroxyl groups is 1. The van der Waals surface area contributed by atoms with Crippen LogP contribution in [0.1, 0.15) is 67.9 Å². The molecule has 0 unspecified atom stereocenters. The Balaban J connectivity index is 0.000000916. The number of rotatable bonds is 16. The van der Waals surface area contributed by atoms with Crippen LogP contribution in [0.15, 0.2) is 109 Å². The standard InChI is InChI=1S/C33H40N4O4.C9H10O.2C2H2/c1-4-21-36(3)23-30(38)34-28-17-13-25(14-18-28)11-12-26-15-19-29(20-16-26)35-31(39)24-37(22-5-2)33(41)32(40)27-9-7-6-8-10-27;1-8(7-10)9-5-3-2-4-6-9;2*1-2/h6-20,32,40H,4-5,21-24H2,1-3H3,(H,34,38)(H,35,39);2-8H,1H3;2*1-2H/b12-11+;;;/t32-;8-;;/m10../s1. The van der Waals surface area contributed by atoms with Gasteiger partial charge in [-0.15, -0.1) is 25.7 Å². The quantitative estimate of drug-likeness (QED) is 0.0621. The van der Waals surface area contributed by atoms with Gasteiger partial charge in [0.1, 0.15) is 6.29 Å². The highest BCUT2D eigenvalue weighted by molar-refractivity contribution is 5.95. The van der Waals surface area contributed by atoms with E-state index in [1.807, 2.05) is 111 Å². The number of benzene rings is 4. The van der Waals surface area contributed by atoms with Crippen LogP contribution < -0.4 is 10.6 Å². The van der Waals surface area contributed by atoms with E-state index in [1.54, 1.807) is 36.4 Å². The normalized spacial score (nSPS) is 11.2. The van der Waals surface area contributed by atoms with Gasteiger partial charge in [-0.3, -0.25) is 19.3 Å². The molecule has 0 aliphatic carbocycles. The van der Waals surface area contributed by atoms with E-state index in [0.717, 1.165) is 41.6 Å². The van der Waals surface area contributed by atoms with Gasteiger partial charge in [0.25, 0.3) is 5.91 Å². The van der Waals surface area contributed by atoms with Crippen molar-refractivity contribution < 1.29 is 24.3 Å². The molecule has 4 rings (SSSR count). The van der Waals surface area contributed by atoms with Gasteiger partial charge < -0.3 is 25.4 Å². The lowest BCUT2D eigenvalue weighted by atomic mass is 10.0. The molecule has 0 radical (unpaired) electrons. The Morgan fingerprint density at radius 1 is 0.655 bits per heavy atom. The first-order chi connectivity index (χ1) is 26.6. The Morgan fingerprint density at radius 3 is 1.49 bits per heavy atom. The number of carbonyl (C=O) groups excluding carboxylic acids is 4. The van der Waals surface area contributed by atoms with Crippen LogP contribution in [-0.2, 0) is 19.2 Å². The van der Waals surface area contributed by atoms with Crippen molar-refractivity contribution in [2.75, 3.05) is 43.9 Å². The largest absolute Gasteiger partial charge is 0.378 e. The topological polar surface area (TPSA) is 119 Å². The van der Waals surface area contributed by atoms with Crippen LogP contribution in [0.2, 0.25) is 0 Å². The minimum atomic E-state index is -1.31. The van der Waals surface area contributed by atoms with Crippen molar-refractivity contribution in [1.29, 1.82) is 0 Å². The van der Waals surface area contributed by atoms with E-state index in [9.17, 15) is 24.3 Å². The summed E-state index contributed by atoms with van der Waals surface area (Å²) >= 11 is 0. The average Bonchev–Trinajstić information content (AvgIpc) is 3.22. The highest BCUT2D eigenvalue weighted by Gasteiger charge is 2.25. The van der Waals surface area contributed by atoms with Crippen molar-refractivity contribution in [3.8, 4) is 25.7 Å². The van der Waals surface area contributed by atoms with Gasteiger partial charge in [-0.05, 0) is 73.0 Å². The number of hydrogen-bond acceptors (Lipinski definition) is 6. The van der Waals surface area contributed by atoms with E-state index in [-0.39, 0.29) is 24.3 Å².